The monoisotopic (exact) mass is 279 g/mol. The van der Waals surface area contributed by atoms with Crippen LogP contribution in [0.2, 0.25) is 0 Å². The van der Waals surface area contributed by atoms with Gasteiger partial charge in [0.1, 0.15) is 11.5 Å². The SMILES string of the molecule is COc1ccc(C(=O)NC2(CO)CCCC2)c(OC)c1. The standard InChI is InChI=1S/C15H21NO4/c1-19-11-5-6-12(13(9-11)20-2)14(18)16-15(10-17)7-3-4-8-15/h5-6,9,17H,3-4,7-8,10H2,1-2H3,(H,16,18). The molecule has 5 heteroatoms. The van der Waals surface area contributed by atoms with Crippen molar-refractivity contribution in [3.8, 4) is 11.5 Å². The summed E-state index contributed by atoms with van der Waals surface area (Å²) < 4.78 is 10.4. The number of benzene rings is 1. The number of carbonyl (C=O) groups is 1. The van der Waals surface area contributed by atoms with E-state index in [0.717, 1.165) is 25.7 Å². The zero-order chi connectivity index (χ0) is 14.6. The highest BCUT2D eigenvalue weighted by atomic mass is 16.5. The summed E-state index contributed by atoms with van der Waals surface area (Å²) in [6.07, 6.45) is 3.68. The number of amides is 1. The Labute approximate surface area is 118 Å². The smallest absolute Gasteiger partial charge is 0.255 e. The number of aliphatic hydroxyl groups is 1. The van der Waals surface area contributed by atoms with Crippen molar-refractivity contribution in [2.24, 2.45) is 0 Å². The molecule has 2 N–H and O–H groups in total. The second-order valence-corrected chi connectivity index (χ2v) is 5.17. The first-order valence-corrected chi connectivity index (χ1v) is 6.79. The Hall–Kier alpha value is -1.75. The van der Waals surface area contributed by atoms with Crippen LogP contribution in [0.3, 0.4) is 0 Å². The number of hydrogen-bond acceptors (Lipinski definition) is 4. The lowest BCUT2D eigenvalue weighted by Gasteiger charge is -2.28. The van der Waals surface area contributed by atoms with E-state index in [1.54, 1.807) is 25.3 Å². The summed E-state index contributed by atoms with van der Waals surface area (Å²) in [6.45, 7) is -0.0305. The fourth-order valence-corrected chi connectivity index (χ4v) is 2.67. The van der Waals surface area contributed by atoms with Crippen LogP contribution in [0, 0.1) is 0 Å². The lowest BCUT2D eigenvalue weighted by molar-refractivity contribution is 0.0835. The normalized spacial score (nSPS) is 16.8. The van der Waals surface area contributed by atoms with E-state index in [-0.39, 0.29) is 12.5 Å². The van der Waals surface area contributed by atoms with Crippen molar-refractivity contribution in [3.63, 3.8) is 0 Å². The number of aliphatic hydroxyl groups excluding tert-OH is 1. The number of carbonyl (C=O) groups excluding carboxylic acids is 1. The van der Waals surface area contributed by atoms with Crippen molar-refractivity contribution in [2.45, 2.75) is 31.2 Å². The van der Waals surface area contributed by atoms with Crippen LogP contribution >= 0.6 is 0 Å². The van der Waals surface area contributed by atoms with Crippen LogP contribution in [0.1, 0.15) is 36.0 Å². The minimum atomic E-state index is -0.484. The van der Waals surface area contributed by atoms with Crippen LogP contribution in [-0.2, 0) is 0 Å². The first kappa shape index (κ1) is 14.7. The van der Waals surface area contributed by atoms with Crippen LogP contribution in [0.5, 0.6) is 11.5 Å². The summed E-state index contributed by atoms with van der Waals surface area (Å²) in [5, 5.41) is 12.5. The average Bonchev–Trinajstić information content (AvgIpc) is 2.95. The molecule has 0 atom stereocenters. The van der Waals surface area contributed by atoms with Crippen molar-refractivity contribution in [1.82, 2.24) is 5.32 Å². The second-order valence-electron chi connectivity index (χ2n) is 5.17. The van der Waals surface area contributed by atoms with E-state index in [9.17, 15) is 9.90 Å². The Balaban J connectivity index is 2.20. The zero-order valence-electron chi connectivity index (χ0n) is 11.9. The first-order valence-electron chi connectivity index (χ1n) is 6.79. The number of ether oxygens (including phenoxy) is 2. The third-order valence-electron chi connectivity index (χ3n) is 3.90. The van der Waals surface area contributed by atoms with Crippen LogP contribution < -0.4 is 14.8 Å². The summed E-state index contributed by atoms with van der Waals surface area (Å²) >= 11 is 0. The Morgan fingerprint density at radius 1 is 1.30 bits per heavy atom. The quantitative estimate of drug-likeness (QED) is 0.861. The molecule has 0 unspecified atom stereocenters. The lowest BCUT2D eigenvalue weighted by atomic mass is 9.98. The van der Waals surface area contributed by atoms with Gasteiger partial charge in [0, 0.05) is 6.07 Å². The highest BCUT2D eigenvalue weighted by molar-refractivity contribution is 5.97. The van der Waals surface area contributed by atoms with Crippen molar-refractivity contribution in [2.75, 3.05) is 20.8 Å². The van der Waals surface area contributed by atoms with Crippen molar-refractivity contribution in [1.29, 1.82) is 0 Å². The molecule has 1 aliphatic carbocycles. The van der Waals surface area contributed by atoms with E-state index >= 15 is 0 Å². The third-order valence-corrected chi connectivity index (χ3v) is 3.90. The van der Waals surface area contributed by atoms with Crippen molar-refractivity contribution < 1.29 is 19.4 Å². The van der Waals surface area contributed by atoms with Gasteiger partial charge in [0.05, 0.1) is 31.9 Å². The largest absolute Gasteiger partial charge is 0.497 e. The van der Waals surface area contributed by atoms with E-state index in [4.69, 9.17) is 9.47 Å². The van der Waals surface area contributed by atoms with Gasteiger partial charge < -0.3 is 19.9 Å². The molecule has 0 aromatic heterocycles. The molecule has 0 aliphatic heterocycles. The van der Waals surface area contributed by atoms with Crippen LogP contribution in [0.4, 0.5) is 0 Å². The molecule has 110 valence electrons. The molecule has 2 rings (SSSR count). The van der Waals surface area contributed by atoms with E-state index in [1.807, 2.05) is 0 Å². The predicted molar refractivity (Wildman–Crippen MR) is 75.3 cm³/mol. The maximum atomic E-state index is 12.4. The Morgan fingerprint density at radius 3 is 2.55 bits per heavy atom. The van der Waals surface area contributed by atoms with E-state index in [1.165, 1.54) is 7.11 Å². The van der Waals surface area contributed by atoms with Gasteiger partial charge in [-0.3, -0.25) is 4.79 Å². The Kier molecular flexibility index (Phi) is 4.49. The molecule has 0 heterocycles. The number of nitrogens with one attached hydrogen (secondary N) is 1. The maximum absolute atomic E-state index is 12.4. The predicted octanol–water partition coefficient (Wildman–Crippen LogP) is 1.74. The molecule has 1 amide bonds. The van der Waals surface area contributed by atoms with Gasteiger partial charge in [-0.15, -0.1) is 0 Å². The minimum Gasteiger partial charge on any atom is -0.497 e. The molecule has 1 aromatic carbocycles. The summed E-state index contributed by atoms with van der Waals surface area (Å²) in [5.74, 6) is 0.879. The molecule has 0 radical (unpaired) electrons. The van der Waals surface area contributed by atoms with Gasteiger partial charge in [-0.2, -0.15) is 0 Å². The van der Waals surface area contributed by atoms with Gasteiger partial charge in [0.25, 0.3) is 5.91 Å². The van der Waals surface area contributed by atoms with Gasteiger partial charge >= 0.3 is 0 Å². The van der Waals surface area contributed by atoms with E-state index in [0.29, 0.717) is 17.1 Å². The van der Waals surface area contributed by atoms with Crippen LogP contribution in [-0.4, -0.2) is 37.4 Å². The number of rotatable bonds is 5. The van der Waals surface area contributed by atoms with Crippen molar-refractivity contribution >= 4 is 5.91 Å². The highest BCUT2D eigenvalue weighted by Crippen LogP contribution is 2.31. The fraction of sp³-hybridized carbons (Fsp3) is 0.533. The Morgan fingerprint density at radius 2 is 2.00 bits per heavy atom. The van der Waals surface area contributed by atoms with E-state index in [2.05, 4.69) is 5.32 Å². The van der Waals surface area contributed by atoms with Gasteiger partial charge in [0.2, 0.25) is 0 Å². The lowest BCUT2D eigenvalue weighted by Crippen LogP contribution is -2.49. The summed E-state index contributed by atoms with van der Waals surface area (Å²) in [5.41, 5.74) is -0.0322. The van der Waals surface area contributed by atoms with Crippen molar-refractivity contribution in [3.05, 3.63) is 23.8 Å². The molecule has 5 nitrogen and oxygen atoms in total. The molecule has 20 heavy (non-hydrogen) atoms. The fourth-order valence-electron chi connectivity index (χ4n) is 2.67. The molecule has 0 bridgehead atoms. The second kappa shape index (κ2) is 6.13. The molecule has 0 saturated heterocycles. The zero-order valence-corrected chi connectivity index (χ0v) is 11.9. The topological polar surface area (TPSA) is 67.8 Å². The summed E-state index contributed by atoms with van der Waals surface area (Å²) in [4.78, 5) is 12.4. The van der Waals surface area contributed by atoms with E-state index < -0.39 is 5.54 Å². The van der Waals surface area contributed by atoms with Crippen LogP contribution in [0.25, 0.3) is 0 Å². The molecule has 1 aromatic rings. The van der Waals surface area contributed by atoms with Gasteiger partial charge in [-0.1, -0.05) is 12.8 Å². The molecular formula is C15H21NO4. The molecule has 1 aliphatic rings. The molecule has 1 saturated carbocycles. The first-order chi connectivity index (χ1) is 9.64. The molecule has 0 spiro atoms. The number of hydrogen-bond donors (Lipinski definition) is 2. The highest BCUT2D eigenvalue weighted by Gasteiger charge is 2.35. The van der Waals surface area contributed by atoms with Gasteiger partial charge in [0.15, 0.2) is 0 Å². The van der Waals surface area contributed by atoms with Crippen LogP contribution in [0.15, 0.2) is 18.2 Å². The van der Waals surface area contributed by atoms with Gasteiger partial charge in [-0.05, 0) is 25.0 Å². The minimum absolute atomic E-state index is 0.0305. The molecular weight excluding hydrogens is 258 g/mol. The summed E-state index contributed by atoms with van der Waals surface area (Å²) in [7, 11) is 3.08. The van der Waals surface area contributed by atoms with Gasteiger partial charge in [-0.25, -0.2) is 0 Å². The number of methoxy groups -OCH3 is 2. The third kappa shape index (κ3) is 2.88. The Bertz CT molecular complexity index is 481. The average molecular weight is 279 g/mol. The maximum Gasteiger partial charge on any atom is 0.255 e. The summed E-state index contributed by atoms with van der Waals surface area (Å²) in [6, 6.07) is 5.07. The molecule has 1 fully saturated rings.